The summed E-state index contributed by atoms with van der Waals surface area (Å²) in [6.45, 7) is 0.211. The molecule has 0 bridgehead atoms. The smallest absolute Gasteiger partial charge is 0.125 e. The topological polar surface area (TPSA) is 29.5 Å². The molecule has 100 valence electrons. The molecule has 0 heterocycles. The SMILES string of the molecule is OCc1cc(Cl)ccc1OCc1ccc(Cl)c(Cl)c1. The average Bonchev–Trinajstić information content (AvgIpc) is 2.41. The van der Waals surface area contributed by atoms with E-state index in [1.54, 1.807) is 30.3 Å². The third-order valence-electron chi connectivity index (χ3n) is 2.57. The van der Waals surface area contributed by atoms with Gasteiger partial charge in [-0.05, 0) is 35.9 Å². The lowest BCUT2D eigenvalue weighted by Gasteiger charge is -2.11. The molecule has 0 saturated carbocycles. The highest BCUT2D eigenvalue weighted by atomic mass is 35.5. The van der Waals surface area contributed by atoms with Crippen molar-refractivity contribution in [2.45, 2.75) is 13.2 Å². The first kappa shape index (κ1) is 14.5. The van der Waals surface area contributed by atoms with Gasteiger partial charge < -0.3 is 9.84 Å². The van der Waals surface area contributed by atoms with Crippen molar-refractivity contribution >= 4 is 34.8 Å². The first-order valence-electron chi connectivity index (χ1n) is 5.56. The summed E-state index contributed by atoms with van der Waals surface area (Å²) in [7, 11) is 0. The lowest BCUT2D eigenvalue weighted by atomic mass is 10.2. The van der Waals surface area contributed by atoms with Gasteiger partial charge in [0.15, 0.2) is 0 Å². The van der Waals surface area contributed by atoms with Gasteiger partial charge in [0.2, 0.25) is 0 Å². The van der Waals surface area contributed by atoms with Crippen molar-refractivity contribution in [3.63, 3.8) is 0 Å². The second kappa shape index (κ2) is 6.49. The molecule has 0 fully saturated rings. The van der Waals surface area contributed by atoms with Crippen LogP contribution in [-0.2, 0) is 13.2 Å². The van der Waals surface area contributed by atoms with Crippen LogP contribution in [0.2, 0.25) is 15.1 Å². The Hall–Kier alpha value is -0.930. The van der Waals surface area contributed by atoms with Crippen LogP contribution in [0.1, 0.15) is 11.1 Å². The summed E-state index contributed by atoms with van der Waals surface area (Å²) in [5.41, 5.74) is 1.54. The Kier molecular flexibility index (Phi) is 4.94. The van der Waals surface area contributed by atoms with E-state index in [9.17, 15) is 5.11 Å². The molecule has 2 nitrogen and oxygen atoms in total. The van der Waals surface area contributed by atoms with Crippen LogP contribution < -0.4 is 4.74 Å². The monoisotopic (exact) mass is 316 g/mol. The maximum atomic E-state index is 9.24. The number of aliphatic hydroxyl groups excluding tert-OH is 1. The van der Waals surface area contributed by atoms with Crippen molar-refractivity contribution in [3.8, 4) is 5.75 Å². The molecule has 0 aliphatic carbocycles. The third kappa shape index (κ3) is 3.77. The summed E-state index contributed by atoms with van der Waals surface area (Å²) in [4.78, 5) is 0. The predicted octanol–water partition coefficient (Wildman–Crippen LogP) is 4.72. The highest BCUT2D eigenvalue weighted by Crippen LogP contribution is 2.26. The van der Waals surface area contributed by atoms with Gasteiger partial charge in [0, 0.05) is 10.6 Å². The van der Waals surface area contributed by atoms with Crippen molar-refractivity contribution in [2.24, 2.45) is 0 Å². The minimum Gasteiger partial charge on any atom is -0.489 e. The quantitative estimate of drug-likeness (QED) is 0.884. The van der Waals surface area contributed by atoms with Crippen LogP contribution in [-0.4, -0.2) is 5.11 Å². The van der Waals surface area contributed by atoms with E-state index in [1.165, 1.54) is 0 Å². The van der Waals surface area contributed by atoms with Crippen LogP contribution in [0.25, 0.3) is 0 Å². The Morgan fingerprint density at radius 2 is 1.74 bits per heavy atom. The van der Waals surface area contributed by atoms with Crippen molar-refractivity contribution in [2.75, 3.05) is 0 Å². The van der Waals surface area contributed by atoms with E-state index in [0.717, 1.165) is 5.56 Å². The van der Waals surface area contributed by atoms with Crippen molar-refractivity contribution < 1.29 is 9.84 Å². The number of aliphatic hydroxyl groups is 1. The molecule has 0 aliphatic rings. The van der Waals surface area contributed by atoms with Crippen molar-refractivity contribution in [3.05, 3.63) is 62.6 Å². The van der Waals surface area contributed by atoms with Gasteiger partial charge in [-0.3, -0.25) is 0 Å². The second-order valence-electron chi connectivity index (χ2n) is 3.95. The highest BCUT2D eigenvalue weighted by molar-refractivity contribution is 6.42. The molecular weight excluding hydrogens is 307 g/mol. The maximum absolute atomic E-state index is 9.24. The average molecular weight is 318 g/mol. The van der Waals surface area contributed by atoms with E-state index in [0.29, 0.717) is 33.0 Å². The Bertz CT molecular complexity index is 585. The van der Waals surface area contributed by atoms with Gasteiger partial charge >= 0.3 is 0 Å². The van der Waals surface area contributed by atoms with E-state index in [2.05, 4.69) is 0 Å². The molecule has 0 spiro atoms. The predicted molar refractivity (Wildman–Crippen MR) is 78.2 cm³/mol. The molecule has 0 aliphatic heterocycles. The van der Waals surface area contributed by atoms with E-state index in [4.69, 9.17) is 39.5 Å². The molecule has 0 amide bonds. The number of rotatable bonds is 4. The van der Waals surface area contributed by atoms with Gasteiger partial charge in [0.1, 0.15) is 12.4 Å². The molecule has 2 aromatic carbocycles. The minimum atomic E-state index is -0.128. The molecule has 0 radical (unpaired) electrons. The van der Waals surface area contributed by atoms with Gasteiger partial charge in [-0.2, -0.15) is 0 Å². The van der Waals surface area contributed by atoms with Gasteiger partial charge in [0.05, 0.1) is 16.7 Å². The fraction of sp³-hybridized carbons (Fsp3) is 0.143. The van der Waals surface area contributed by atoms with Crippen LogP contribution in [0.4, 0.5) is 0 Å². The molecule has 1 N–H and O–H groups in total. The first-order chi connectivity index (χ1) is 9.10. The lowest BCUT2D eigenvalue weighted by Crippen LogP contribution is -1.98. The lowest BCUT2D eigenvalue weighted by molar-refractivity contribution is 0.259. The van der Waals surface area contributed by atoms with Crippen molar-refractivity contribution in [1.82, 2.24) is 0 Å². The standard InChI is InChI=1S/C14H11Cl3O2/c15-11-2-4-14(10(6-11)7-18)19-8-9-1-3-12(16)13(17)5-9/h1-6,18H,7-8H2. The normalized spacial score (nSPS) is 10.5. The molecule has 0 unspecified atom stereocenters. The minimum absolute atomic E-state index is 0.128. The molecule has 19 heavy (non-hydrogen) atoms. The zero-order valence-electron chi connectivity index (χ0n) is 9.87. The molecule has 0 saturated heterocycles. The highest BCUT2D eigenvalue weighted by Gasteiger charge is 2.05. The third-order valence-corrected chi connectivity index (χ3v) is 3.55. The Morgan fingerprint density at radius 1 is 0.947 bits per heavy atom. The van der Waals surface area contributed by atoms with E-state index in [-0.39, 0.29) is 6.61 Å². The number of halogens is 3. The number of hydrogen-bond donors (Lipinski definition) is 1. The summed E-state index contributed by atoms with van der Waals surface area (Å²) in [6, 6.07) is 10.4. The van der Waals surface area contributed by atoms with Crippen LogP contribution in [0.15, 0.2) is 36.4 Å². The van der Waals surface area contributed by atoms with E-state index < -0.39 is 0 Å². The molecule has 5 heteroatoms. The Labute approximate surface area is 126 Å². The zero-order chi connectivity index (χ0) is 13.8. The number of benzene rings is 2. The summed E-state index contributed by atoms with van der Waals surface area (Å²) in [5, 5.41) is 10.8. The molecule has 2 aromatic rings. The van der Waals surface area contributed by atoms with Gasteiger partial charge in [-0.15, -0.1) is 0 Å². The van der Waals surface area contributed by atoms with E-state index >= 15 is 0 Å². The fourth-order valence-electron chi connectivity index (χ4n) is 1.60. The molecular formula is C14H11Cl3O2. The fourth-order valence-corrected chi connectivity index (χ4v) is 2.12. The number of hydrogen-bond acceptors (Lipinski definition) is 2. The molecule has 0 aromatic heterocycles. The summed E-state index contributed by atoms with van der Waals surface area (Å²) in [5.74, 6) is 0.595. The van der Waals surface area contributed by atoms with Crippen LogP contribution >= 0.6 is 34.8 Å². The van der Waals surface area contributed by atoms with Gasteiger partial charge in [0.25, 0.3) is 0 Å². The number of ether oxygens (including phenoxy) is 1. The Morgan fingerprint density at radius 3 is 2.42 bits per heavy atom. The van der Waals surface area contributed by atoms with E-state index in [1.807, 2.05) is 6.07 Å². The van der Waals surface area contributed by atoms with Crippen LogP contribution in [0, 0.1) is 0 Å². The second-order valence-corrected chi connectivity index (χ2v) is 5.20. The van der Waals surface area contributed by atoms with Gasteiger partial charge in [-0.1, -0.05) is 40.9 Å². The van der Waals surface area contributed by atoms with Crippen LogP contribution in [0.3, 0.4) is 0 Å². The van der Waals surface area contributed by atoms with Crippen molar-refractivity contribution in [1.29, 1.82) is 0 Å². The zero-order valence-corrected chi connectivity index (χ0v) is 12.1. The Balaban J connectivity index is 2.12. The van der Waals surface area contributed by atoms with Crippen LogP contribution in [0.5, 0.6) is 5.75 Å². The summed E-state index contributed by atoms with van der Waals surface area (Å²) < 4.78 is 5.64. The largest absolute Gasteiger partial charge is 0.489 e. The summed E-state index contributed by atoms with van der Waals surface area (Å²) in [6.07, 6.45) is 0. The summed E-state index contributed by atoms with van der Waals surface area (Å²) >= 11 is 17.6. The van der Waals surface area contributed by atoms with Gasteiger partial charge in [-0.25, -0.2) is 0 Å². The molecule has 0 atom stereocenters. The molecule has 2 rings (SSSR count). The first-order valence-corrected chi connectivity index (χ1v) is 6.69. The maximum Gasteiger partial charge on any atom is 0.125 e.